The van der Waals surface area contributed by atoms with Crippen molar-refractivity contribution < 1.29 is 9.59 Å². The molecule has 0 aromatic rings. The molecule has 2 aliphatic rings. The van der Waals surface area contributed by atoms with Crippen LogP contribution in [0.2, 0.25) is 0 Å². The molecule has 2 fully saturated rings. The van der Waals surface area contributed by atoms with Gasteiger partial charge in [-0.15, -0.1) is 0 Å². The lowest BCUT2D eigenvalue weighted by atomic mass is 9.82. The summed E-state index contributed by atoms with van der Waals surface area (Å²) in [5.74, 6) is 0.414. The van der Waals surface area contributed by atoms with Gasteiger partial charge in [0.25, 0.3) is 0 Å². The summed E-state index contributed by atoms with van der Waals surface area (Å²) in [6.45, 7) is 4.55. The molecule has 0 radical (unpaired) electrons. The first-order chi connectivity index (χ1) is 10.0. The first-order valence-electron chi connectivity index (χ1n) is 8.11. The molecule has 6 nitrogen and oxygen atoms in total. The number of carbonyl (C=O) groups excluding carboxylic acids is 2. The maximum absolute atomic E-state index is 11.8. The molecule has 1 saturated heterocycles. The second kappa shape index (κ2) is 7.11. The standard InChI is InChI=1S/C15H28N4O2/c1-2-19-10-12(8-13(19)20)9-17-14(21)18-11-15(16)6-4-3-5-7-15/h12H,2-11,16H2,1H3,(H2,17,18,21). The molecule has 1 unspecified atom stereocenters. The van der Waals surface area contributed by atoms with E-state index in [9.17, 15) is 9.59 Å². The third-order valence-corrected chi connectivity index (χ3v) is 4.68. The number of hydrogen-bond donors (Lipinski definition) is 3. The maximum Gasteiger partial charge on any atom is 0.314 e. The van der Waals surface area contributed by atoms with Crippen LogP contribution in [0.5, 0.6) is 0 Å². The van der Waals surface area contributed by atoms with Crippen LogP contribution in [-0.4, -0.2) is 48.6 Å². The van der Waals surface area contributed by atoms with Gasteiger partial charge < -0.3 is 21.3 Å². The Morgan fingerprint density at radius 1 is 1.33 bits per heavy atom. The van der Waals surface area contributed by atoms with E-state index >= 15 is 0 Å². The van der Waals surface area contributed by atoms with E-state index < -0.39 is 0 Å². The molecule has 21 heavy (non-hydrogen) atoms. The van der Waals surface area contributed by atoms with Gasteiger partial charge in [0, 0.05) is 44.1 Å². The lowest BCUT2D eigenvalue weighted by Gasteiger charge is -2.33. The molecule has 120 valence electrons. The summed E-state index contributed by atoms with van der Waals surface area (Å²) in [5.41, 5.74) is 6.05. The predicted octanol–water partition coefficient (Wildman–Crippen LogP) is 0.816. The van der Waals surface area contributed by atoms with Gasteiger partial charge in [0.1, 0.15) is 0 Å². The second-order valence-electron chi connectivity index (χ2n) is 6.49. The molecule has 1 aliphatic heterocycles. The van der Waals surface area contributed by atoms with Gasteiger partial charge in [0.2, 0.25) is 5.91 Å². The lowest BCUT2D eigenvalue weighted by molar-refractivity contribution is -0.127. The number of amides is 3. The zero-order valence-corrected chi connectivity index (χ0v) is 13.0. The third kappa shape index (κ3) is 4.59. The van der Waals surface area contributed by atoms with Gasteiger partial charge in [-0.2, -0.15) is 0 Å². The minimum absolute atomic E-state index is 0.173. The Morgan fingerprint density at radius 2 is 2.05 bits per heavy atom. The molecule has 1 saturated carbocycles. The highest BCUT2D eigenvalue weighted by atomic mass is 16.2. The molecule has 1 atom stereocenters. The van der Waals surface area contributed by atoms with Crippen LogP contribution in [0.1, 0.15) is 45.4 Å². The van der Waals surface area contributed by atoms with Crippen molar-refractivity contribution in [1.82, 2.24) is 15.5 Å². The lowest BCUT2D eigenvalue weighted by Crippen LogP contribution is -2.53. The van der Waals surface area contributed by atoms with Gasteiger partial charge in [-0.25, -0.2) is 4.79 Å². The van der Waals surface area contributed by atoms with Crippen LogP contribution in [-0.2, 0) is 4.79 Å². The number of urea groups is 1. The SMILES string of the molecule is CCN1CC(CNC(=O)NCC2(N)CCCCC2)CC1=O. The molecule has 4 N–H and O–H groups in total. The number of nitrogens with two attached hydrogens (primary N) is 1. The van der Waals surface area contributed by atoms with Gasteiger partial charge >= 0.3 is 6.03 Å². The van der Waals surface area contributed by atoms with Crippen molar-refractivity contribution in [2.24, 2.45) is 11.7 Å². The number of carbonyl (C=O) groups is 2. The van der Waals surface area contributed by atoms with Crippen molar-refractivity contribution >= 4 is 11.9 Å². The average Bonchev–Trinajstić information content (AvgIpc) is 2.84. The van der Waals surface area contributed by atoms with Crippen molar-refractivity contribution in [2.45, 2.75) is 51.0 Å². The van der Waals surface area contributed by atoms with E-state index in [1.54, 1.807) is 0 Å². The zero-order chi connectivity index (χ0) is 15.3. The minimum Gasteiger partial charge on any atom is -0.343 e. The predicted molar refractivity (Wildman–Crippen MR) is 81.8 cm³/mol. The molecule has 6 heteroatoms. The van der Waals surface area contributed by atoms with Gasteiger partial charge in [-0.3, -0.25) is 4.79 Å². The molecule has 1 aliphatic carbocycles. The van der Waals surface area contributed by atoms with E-state index in [0.29, 0.717) is 19.5 Å². The fourth-order valence-corrected chi connectivity index (χ4v) is 3.28. The zero-order valence-electron chi connectivity index (χ0n) is 13.0. The Kier molecular flexibility index (Phi) is 5.45. The van der Waals surface area contributed by atoms with Gasteiger partial charge in [0.05, 0.1) is 0 Å². The van der Waals surface area contributed by atoms with Crippen LogP contribution in [0, 0.1) is 5.92 Å². The first-order valence-corrected chi connectivity index (χ1v) is 8.11. The van der Waals surface area contributed by atoms with Crippen molar-refractivity contribution in [1.29, 1.82) is 0 Å². The van der Waals surface area contributed by atoms with Gasteiger partial charge in [0.15, 0.2) is 0 Å². The molecule has 0 aromatic heterocycles. The summed E-state index contributed by atoms with van der Waals surface area (Å²) < 4.78 is 0. The second-order valence-corrected chi connectivity index (χ2v) is 6.49. The Hall–Kier alpha value is -1.30. The van der Waals surface area contributed by atoms with Gasteiger partial charge in [-0.1, -0.05) is 19.3 Å². The van der Waals surface area contributed by atoms with Crippen LogP contribution < -0.4 is 16.4 Å². The number of likely N-dealkylation sites (tertiary alicyclic amines) is 1. The summed E-state index contributed by atoms with van der Waals surface area (Å²) >= 11 is 0. The van der Waals surface area contributed by atoms with Gasteiger partial charge in [-0.05, 0) is 19.8 Å². The van der Waals surface area contributed by atoms with Crippen LogP contribution in [0.3, 0.4) is 0 Å². The Morgan fingerprint density at radius 3 is 2.67 bits per heavy atom. The Labute approximate surface area is 126 Å². The van der Waals surface area contributed by atoms with Crippen molar-refractivity contribution in [3.8, 4) is 0 Å². The number of nitrogens with one attached hydrogen (secondary N) is 2. The molecule has 0 aromatic carbocycles. The maximum atomic E-state index is 11.8. The Balaban J connectivity index is 1.65. The quantitative estimate of drug-likeness (QED) is 0.702. The highest BCUT2D eigenvalue weighted by Crippen LogP contribution is 2.25. The fraction of sp³-hybridized carbons (Fsp3) is 0.867. The van der Waals surface area contributed by atoms with Crippen LogP contribution in [0.4, 0.5) is 4.79 Å². The van der Waals surface area contributed by atoms with E-state index in [0.717, 1.165) is 38.8 Å². The molecule has 0 spiro atoms. The summed E-state index contributed by atoms with van der Waals surface area (Å²) in [6.07, 6.45) is 6.04. The monoisotopic (exact) mass is 296 g/mol. The summed E-state index contributed by atoms with van der Waals surface area (Å²) in [7, 11) is 0. The molecule has 1 heterocycles. The molecule has 2 rings (SSSR count). The van der Waals surface area contributed by atoms with Crippen molar-refractivity contribution in [3.63, 3.8) is 0 Å². The fourth-order valence-electron chi connectivity index (χ4n) is 3.28. The summed E-state index contributed by atoms with van der Waals surface area (Å²) in [6, 6.07) is -0.173. The normalized spacial score (nSPS) is 25.0. The summed E-state index contributed by atoms with van der Waals surface area (Å²) in [5, 5.41) is 5.74. The van der Waals surface area contributed by atoms with E-state index in [2.05, 4.69) is 10.6 Å². The minimum atomic E-state index is -0.238. The number of nitrogens with zero attached hydrogens (tertiary/aromatic N) is 1. The molecular formula is C15H28N4O2. The molecule has 0 bridgehead atoms. The first kappa shape index (κ1) is 16.1. The summed E-state index contributed by atoms with van der Waals surface area (Å²) in [4.78, 5) is 25.3. The van der Waals surface area contributed by atoms with Crippen molar-refractivity contribution in [3.05, 3.63) is 0 Å². The van der Waals surface area contributed by atoms with Crippen LogP contribution in [0.15, 0.2) is 0 Å². The van der Waals surface area contributed by atoms with E-state index in [1.165, 1.54) is 6.42 Å². The average molecular weight is 296 g/mol. The number of rotatable bonds is 5. The molecular weight excluding hydrogens is 268 g/mol. The van der Waals surface area contributed by atoms with Crippen molar-refractivity contribution in [2.75, 3.05) is 26.2 Å². The smallest absolute Gasteiger partial charge is 0.314 e. The van der Waals surface area contributed by atoms with Crippen LogP contribution >= 0.6 is 0 Å². The number of hydrogen-bond acceptors (Lipinski definition) is 3. The van der Waals surface area contributed by atoms with E-state index in [-0.39, 0.29) is 23.4 Å². The molecule has 3 amide bonds. The largest absolute Gasteiger partial charge is 0.343 e. The third-order valence-electron chi connectivity index (χ3n) is 4.68. The highest BCUT2D eigenvalue weighted by Gasteiger charge is 2.29. The van der Waals surface area contributed by atoms with E-state index in [4.69, 9.17) is 5.73 Å². The highest BCUT2D eigenvalue weighted by molar-refractivity contribution is 5.79. The Bertz CT molecular complexity index is 380. The van der Waals surface area contributed by atoms with E-state index in [1.807, 2.05) is 11.8 Å². The topological polar surface area (TPSA) is 87.5 Å². The van der Waals surface area contributed by atoms with Crippen LogP contribution in [0.25, 0.3) is 0 Å².